The van der Waals surface area contributed by atoms with Crippen LogP contribution < -0.4 is 5.32 Å². The second-order valence-electron chi connectivity index (χ2n) is 5.70. The highest BCUT2D eigenvalue weighted by Gasteiger charge is 2.29. The van der Waals surface area contributed by atoms with Crippen molar-refractivity contribution in [2.24, 2.45) is 0 Å². The molecule has 1 saturated heterocycles. The number of rotatable bonds is 2. The molecule has 1 atom stereocenters. The first-order valence-corrected chi connectivity index (χ1v) is 8.32. The number of halogens is 1. The fourth-order valence-corrected chi connectivity index (χ4v) is 3.14. The zero-order valence-electron chi connectivity index (χ0n) is 12.6. The first-order valence-electron chi connectivity index (χ1n) is 7.53. The minimum Gasteiger partial charge on any atom is -0.317 e. The summed E-state index contributed by atoms with van der Waals surface area (Å²) in [5.74, 6) is 0. The van der Waals surface area contributed by atoms with E-state index in [0.717, 1.165) is 29.5 Å². The highest BCUT2D eigenvalue weighted by Crippen LogP contribution is 2.32. The van der Waals surface area contributed by atoms with Gasteiger partial charge in [0, 0.05) is 16.7 Å². The molecule has 114 valence electrons. The van der Waals surface area contributed by atoms with Crippen molar-refractivity contribution in [3.8, 4) is 0 Å². The summed E-state index contributed by atoms with van der Waals surface area (Å²) in [6.07, 6.45) is 2.07. The molecule has 0 aromatic heterocycles. The predicted molar refractivity (Wildman–Crippen MR) is 93.0 cm³/mol. The van der Waals surface area contributed by atoms with Crippen LogP contribution in [0.1, 0.15) is 30.0 Å². The Morgan fingerprint density at radius 3 is 2.50 bits per heavy atom. The molecule has 0 radical (unpaired) electrons. The number of hydrogen-bond acceptors (Lipinski definition) is 1. The van der Waals surface area contributed by atoms with Gasteiger partial charge in [-0.1, -0.05) is 45.8 Å². The van der Waals surface area contributed by atoms with Crippen molar-refractivity contribution in [2.45, 2.75) is 25.8 Å². The van der Waals surface area contributed by atoms with Crippen LogP contribution in [0, 0.1) is 6.92 Å². The standard InChI is InChI=1S/C18H19BrN2O/c1-13-4-6-14(7-5-13)17-3-2-12-21(17)18(22)20-16-10-8-15(19)9-11-16/h4-11,17H,2-3,12H2,1H3,(H,20,22). The summed E-state index contributed by atoms with van der Waals surface area (Å²) in [5, 5.41) is 2.99. The van der Waals surface area contributed by atoms with Crippen molar-refractivity contribution >= 4 is 27.6 Å². The van der Waals surface area contributed by atoms with Gasteiger partial charge in [0.05, 0.1) is 6.04 Å². The van der Waals surface area contributed by atoms with Crippen LogP contribution in [-0.4, -0.2) is 17.5 Å². The Labute approximate surface area is 139 Å². The Bertz CT molecular complexity index is 652. The third kappa shape index (κ3) is 3.33. The van der Waals surface area contributed by atoms with Gasteiger partial charge in [0.2, 0.25) is 0 Å². The van der Waals surface area contributed by atoms with Gasteiger partial charge in [-0.15, -0.1) is 0 Å². The fourth-order valence-electron chi connectivity index (χ4n) is 2.87. The average molecular weight is 359 g/mol. The Kier molecular flexibility index (Phi) is 4.48. The van der Waals surface area contributed by atoms with Crippen molar-refractivity contribution in [1.82, 2.24) is 4.90 Å². The third-order valence-electron chi connectivity index (χ3n) is 4.07. The molecule has 0 aliphatic carbocycles. The van der Waals surface area contributed by atoms with Gasteiger partial charge in [0.15, 0.2) is 0 Å². The Balaban J connectivity index is 1.73. The molecule has 1 aliphatic rings. The van der Waals surface area contributed by atoms with Crippen LogP contribution in [0.25, 0.3) is 0 Å². The van der Waals surface area contributed by atoms with Crippen LogP contribution in [-0.2, 0) is 0 Å². The summed E-state index contributed by atoms with van der Waals surface area (Å²) < 4.78 is 1.00. The molecule has 2 amide bonds. The minimum absolute atomic E-state index is 0.0228. The monoisotopic (exact) mass is 358 g/mol. The van der Waals surface area contributed by atoms with Gasteiger partial charge in [-0.2, -0.15) is 0 Å². The summed E-state index contributed by atoms with van der Waals surface area (Å²) in [6.45, 7) is 2.89. The Morgan fingerprint density at radius 2 is 1.82 bits per heavy atom. The number of benzene rings is 2. The van der Waals surface area contributed by atoms with Gasteiger partial charge in [-0.25, -0.2) is 4.79 Å². The summed E-state index contributed by atoms with van der Waals surface area (Å²) in [7, 11) is 0. The van der Waals surface area contributed by atoms with Gasteiger partial charge in [-0.05, 0) is 49.6 Å². The molecule has 2 aromatic carbocycles. The number of nitrogens with zero attached hydrogens (tertiary/aromatic N) is 1. The number of nitrogens with one attached hydrogen (secondary N) is 1. The third-order valence-corrected chi connectivity index (χ3v) is 4.60. The largest absolute Gasteiger partial charge is 0.322 e. The van der Waals surface area contributed by atoms with Crippen molar-refractivity contribution < 1.29 is 4.79 Å². The molecule has 2 aromatic rings. The molecule has 0 saturated carbocycles. The fraction of sp³-hybridized carbons (Fsp3) is 0.278. The van der Waals surface area contributed by atoms with Crippen LogP contribution in [0.5, 0.6) is 0 Å². The van der Waals surface area contributed by atoms with E-state index in [0.29, 0.717) is 0 Å². The molecule has 1 fully saturated rings. The average Bonchev–Trinajstić information content (AvgIpc) is 3.00. The van der Waals surface area contributed by atoms with E-state index >= 15 is 0 Å². The summed E-state index contributed by atoms with van der Waals surface area (Å²) in [5.41, 5.74) is 3.28. The summed E-state index contributed by atoms with van der Waals surface area (Å²) in [6, 6.07) is 16.3. The SMILES string of the molecule is Cc1ccc(C2CCCN2C(=O)Nc2ccc(Br)cc2)cc1. The maximum absolute atomic E-state index is 12.6. The summed E-state index contributed by atoms with van der Waals surface area (Å²) >= 11 is 3.40. The molecule has 3 nitrogen and oxygen atoms in total. The lowest BCUT2D eigenvalue weighted by Crippen LogP contribution is -2.34. The van der Waals surface area contributed by atoms with Gasteiger partial charge in [0.25, 0.3) is 0 Å². The van der Waals surface area contributed by atoms with E-state index in [4.69, 9.17) is 0 Å². The first-order chi connectivity index (χ1) is 10.6. The number of amides is 2. The molecular formula is C18H19BrN2O. The number of carbonyl (C=O) groups excluding carboxylic acids is 1. The smallest absolute Gasteiger partial charge is 0.317 e. The lowest BCUT2D eigenvalue weighted by Gasteiger charge is -2.25. The van der Waals surface area contributed by atoms with E-state index in [2.05, 4.69) is 52.4 Å². The number of anilines is 1. The molecule has 0 spiro atoms. The maximum atomic E-state index is 12.6. The lowest BCUT2D eigenvalue weighted by molar-refractivity contribution is 0.207. The summed E-state index contributed by atoms with van der Waals surface area (Å²) in [4.78, 5) is 14.5. The first kappa shape index (κ1) is 15.1. The lowest BCUT2D eigenvalue weighted by atomic mass is 10.0. The van der Waals surface area contributed by atoms with Crippen LogP contribution in [0.15, 0.2) is 53.0 Å². The second kappa shape index (κ2) is 6.53. The molecule has 1 N–H and O–H groups in total. The van der Waals surface area contributed by atoms with Crippen LogP contribution >= 0.6 is 15.9 Å². The number of urea groups is 1. The van der Waals surface area contributed by atoms with Gasteiger partial charge in [0.1, 0.15) is 0 Å². The van der Waals surface area contributed by atoms with E-state index in [1.54, 1.807) is 0 Å². The quantitative estimate of drug-likeness (QED) is 0.792. The van der Waals surface area contributed by atoms with Crippen molar-refractivity contribution in [3.63, 3.8) is 0 Å². The molecule has 4 heteroatoms. The molecular weight excluding hydrogens is 340 g/mol. The normalized spacial score (nSPS) is 17.5. The van der Waals surface area contributed by atoms with E-state index < -0.39 is 0 Å². The molecule has 22 heavy (non-hydrogen) atoms. The Hall–Kier alpha value is -1.81. The van der Waals surface area contributed by atoms with Gasteiger partial charge < -0.3 is 10.2 Å². The number of carbonyl (C=O) groups is 1. The highest BCUT2D eigenvalue weighted by atomic mass is 79.9. The molecule has 1 aliphatic heterocycles. The van der Waals surface area contributed by atoms with Crippen LogP contribution in [0.2, 0.25) is 0 Å². The van der Waals surface area contributed by atoms with E-state index in [9.17, 15) is 4.79 Å². The molecule has 3 rings (SSSR count). The molecule has 1 heterocycles. The van der Waals surface area contributed by atoms with E-state index in [1.807, 2.05) is 29.2 Å². The number of hydrogen-bond donors (Lipinski definition) is 1. The number of aryl methyl sites for hydroxylation is 1. The van der Waals surface area contributed by atoms with E-state index in [1.165, 1.54) is 11.1 Å². The second-order valence-corrected chi connectivity index (χ2v) is 6.61. The Morgan fingerprint density at radius 1 is 1.14 bits per heavy atom. The number of likely N-dealkylation sites (tertiary alicyclic amines) is 1. The topological polar surface area (TPSA) is 32.3 Å². The maximum Gasteiger partial charge on any atom is 0.322 e. The van der Waals surface area contributed by atoms with Gasteiger partial charge >= 0.3 is 6.03 Å². The van der Waals surface area contributed by atoms with Crippen molar-refractivity contribution in [3.05, 3.63) is 64.1 Å². The van der Waals surface area contributed by atoms with Crippen molar-refractivity contribution in [1.29, 1.82) is 0 Å². The predicted octanol–water partition coefficient (Wildman–Crippen LogP) is 5.13. The zero-order chi connectivity index (χ0) is 15.5. The van der Waals surface area contributed by atoms with Gasteiger partial charge in [-0.3, -0.25) is 0 Å². The van der Waals surface area contributed by atoms with Crippen molar-refractivity contribution in [2.75, 3.05) is 11.9 Å². The minimum atomic E-state index is -0.0228. The van der Waals surface area contributed by atoms with E-state index in [-0.39, 0.29) is 12.1 Å². The van der Waals surface area contributed by atoms with Crippen LogP contribution in [0.3, 0.4) is 0 Å². The molecule has 0 bridgehead atoms. The highest BCUT2D eigenvalue weighted by molar-refractivity contribution is 9.10. The van der Waals surface area contributed by atoms with Crippen LogP contribution in [0.4, 0.5) is 10.5 Å². The molecule has 1 unspecified atom stereocenters. The zero-order valence-corrected chi connectivity index (χ0v) is 14.1.